The van der Waals surface area contributed by atoms with Crippen molar-refractivity contribution in [2.45, 2.75) is 23.4 Å². The lowest BCUT2D eigenvalue weighted by atomic mass is 10.1. The highest BCUT2D eigenvalue weighted by atomic mass is 32.2. The summed E-state index contributed by atoms with van der Waals surface area (Å²) in [4.78, 5) is 4.40. The van der Waals surface area contributed by atoms with Crippen LogP contribution in [0, 0.1) is 12.7 Å². The van der Waals surface area contributed by atoms with Crippen LogP contribution in [0.15, 0.2) is 51.3 Å². The van der Waals surface area contributed by atoms with E-state index in [1.54, 1.807) is 26.2 Å². The van der Waals surface area contributed by atoms with Crippen LogP contribution in [0.25, 0.3) is 11.4 Å². The molecule has 4 aromatic rings. The van der Waals surface area contributed by atoms with Crippen molar-refractivity contribution in [3.8, 4) is 17.1 Å². The van der Waals surface area contributed by atoms with Gasteiger partial charge in [0, 0.05) is 11.3 Å². The molecule has 0 spiro atoms. The van der Waals surface area contributed by atoms with Crippen molar-refractivity contribution in [1.82, 2.24) is 20.3 Å². The van der Waals surface area contributed by atoms with E-state index >= 15 is 0 Å². The second-order valence-electron chi connectivity index (χ2n) is 6.41. The molecule has 2 aromatic carbocycles. The highest BCUT2D eigenvalue weighted by Crippen LogP contribution is 2.38. The van der Waals surface area contributed by atoms with Crippen molar-refractivity contribution < 1.29 is 13.7 Å². The number of ether oxygens (including phenoxy) is 1. The maximum Gasteiger partial charge on any atom is 0.240 e. The van der Waals surface area contributed by atoms with Crippen LogP contribution in [0.3, 0.4) is 0 Å². The number of hydrogen-bond acceptors (Lipinski definition) is 9. The van der Waals surface area contributed by atoms with Crippen LogP contribution in [0.2, 0.25) is 0 Å². The summed E-state index contributed by atoms with van der Waals surface area (Å²) in [5.74, 6) is 1.29. The zero-order valence-electron chi connectivity index (χ0n) is 16.4. The van der Waals surface area contributed by atoms with Crippen LogP contribution in [0.1, 0.15) is 23.6 Å². The van der Waals surface area contributed by atoms with Crippen LogP contribution < -0.4 is 10.1 Å². The van der Waals surface area contributed by atoms with Crippen LogP contribution in [-0.4, -0.2) is 27.4 Å². The Morgan fingerprint density at radius 3 is 2.70 bits per heavy atom. The predicted molar refractivity (Wildman–Crippen MR) is 115 cm³/mol. The SMILES string of the molecule is COc1ccc(Nc2nnc(SC(C)c3nc(-c4ccc(C)c(F)c4)no3)s2)cc1. The summed E-state index contributed by atoms with van der Waals surface area (Å²) >= 11 is 2.89. The Hall–Kier alpha value is -2.98. The van der Waals surface area contributed by atoms with E-state index in [9.17, 15) is 4.39 Å². The zero-order chi connectivity index (χ0) is 21.1. The van der Waals surface area contributed by atoms with Crippen LogP contribution in [0.4, 0.5) is 15.2 Å². The number of anilines is 2. The highest BCUT2D eigenvalue weighted by Gasteiger charge is 2.19. The fourth-order valence-electron chi connectivity index (χ4n) is 2.56. The molecule has 0 radical (unpaired) electrons. The van der Waals surface area contributed by atoms with Gasteiger partial charge >= 0.3 is 0 Å². The molecule has 30 heavy (non-hydrogen) atoms. The van der Waals surface area contributed by atoms with Gasteiger partial charge in [0.2, 0.25) is 16.8 Å². The van der Waals surface area contributed by atoms with Crippen molar-refractivity contribution in [2.24, 2.45) is 0 Å². The number of halogens is 1. The summed E-state index contributed by atoms with van der Waals surface area (Å²) in [6.07, 6.45) is 0. The fraction of sp³-hybridized carbons (Fsp3) is 0.200. The van der Waals surface area contributed by atoms with E-state index in [1.807, 2.05) is 31.2 Å². The minimum Gasteiger partial charge on any atom is -0.497 e. The number of methoxy groups -OCH3 is 1. The number of hydrogen-bond donors (Lipinski definition) is 1. The largest absolute Gasteiger partial charge is 0.497 e. The van der Waals surface area contributed by atoms with Gasteiger partial charge in [0.15, 0.2) is 4.34 Å². The summed E-state index contributed by atoms with van der Waals surface area (Å²) in [7, 11) is 1.63. The lowest BCUT2D eigenvalue weighted by molar-refractivity contribution is 0.381. The summed E-state index contributed by atoms with van der Waals surface area (Å²) in [6.45, 7) is 3.65. The average Bonchev–Trinajstić information content (AvgIpc) is 3.40. The van der Waals surface area contributed by atoms with Gasteiger partial charge in [-0.2, -0.15) is 4.98 Å². The van der Waals surface area contributed by atoms with Crippen molar-refractivity contribution in [1.29, 1.82) is 0 Å². The molecule has 0 aliphatic rings. The lowest BCUT2D eigenvalue weighted by Crippen LogP contribution is -1.90. The predicted octanol–water partition coefficient (Wildman–Crippen LogP) is 5.64. The summed E-state index contributed by atoms with van der Waals surface area (Å²) in [6, 6.07) is 12.4. The number of benzene rings is 2. The molecule has 1 N–H and O–H groups in total. The van der Waals surface area contributed by atoms with Gasteiger partial charge in [0.05, 0.1) is 12.4 Å². The third-order valence-electron chi connectivity index (χ3n) is 4.24. The molecule has 2 aromatic heterocycles. The molecule has 2 heterocycles. The third kappa shape index (κ3) is 4.60. The Morgan fingerprint density at radius 1 is 1.17 bits per heavy atom. The van der Waals surface area contributed by atoms with Gasteiger partial charge in [0.1, 0.15) is 11.6 Å². The monoisotopic (exact) mass is 443 g/mol. The molecule has 0 fully saturated rings. The molecular formula is C20H18FN5O2S2. The van der Waals surface area contributed by atoms with Crippen molar-refractivity contribution in [3.63, 3.8) is 0 Å². The van der Waals surface area contributed by atoms with Crippen LogP contribution in [-0.2, 0) is 0 Å². The molecular weight excluding hydrogens is 425 g/mol. The van der Waals surface area contributed by atoms with E-state index in [2.05, 4.69) is 25.7 Å². The van der Waals surface area contributed by atoms with Crippen LogP contribution >= 0.6 is 23.1 Å². The molecule has 0 aliphatic heterocycles. The minimum atomic E-state index is -0.299. The van der Waals surface area contributed by atoms with E-state index in [4.69, 9.17) is 9.26 Å². The van der Waals surface area contributed by atoms with Crippen molar-refractivity contribution >= 4 is 33.9 Å². The average molecular weight is 444 g/mol. The smallest absolute Gasteiger partial charge is 0.240 e. The van der Waals surface area contributed by atoms with Crippen molar-refractivity contribution in [2.75, 3.05) is 12.4 Å². The first-order chi connectivity index (χ1) is 14.5. The van der Waals surface area contributed by atoms with E-state index in [-0.39, 0.29) is 11.1 Å². The molecule has 10 heteroatoms. The molecule has 154 valence electrons. The topological polar surface area (TPSA) is 86.0 Å². The molecule has 0 bridgehead atoms. The molecule has 7 nitrogen and oxygen atoms in total. The third-order valence-corrected chi connectivity index (χ3v) is 6.26. The molecule has 0 aliphatic carbocycles. The molecule has 4 rings (SSSR count). The summed E-state index contributed by atoms with van der Waals surface area (Å²) in [5, 5.41) is 16.1. The molecule has 0 saturated heterocycles. The van der Waals surface area contributed by atoms with E-state index in [0.717, 1.165) is 15.8 Å². The Balaban J connectivity index is 1.41. The van der Waals surface area contributed by atoms with Crippen LogP contribution in [0.5, 0.6) is 5.75 Å². The second kappa shape index (κ2) is 8.80. The Bertz CT molecular complexity index is 1150. The van der Waals surface area contributed by atoms with E-state index in [0.29, 0.717) is 28.0 Å². The van der Waals surface area contributed by atoms with Gasteiger partial charge in [-0.1, -0.05) is 40.4 Å². The molecule has 0 saturated carbocycles. The maximum absolute atomic E-state index is 13.8. The summed E-state index contributed by atoms with van der Waals surface area (Å²) in [5.41, 5.74) is 2.04. The first kappa shape index (κ1) is 20.3. The number of nitrogens with one attached hydrogen (secondary N) is 1. The first-order valence-electron chi connectivity index (χ1n) is 9.03. The number of aryl methyl sites for hydroxylation is 1. The fourth-order valence-corrected chi connectivity index (χ4v) is 4.50. The Kier molecular flexibility index (Phi) is 5.96. The van der Waals surface area contributed by atoms with Gasteiger partial charge < -0.3 is 14.6 Å². The van der Waals surface area contributed by atoms with Gasteiger partial charge in [-0.05, 0) is 49.7 Å². The summed E-state index contributed by atoms with van der Waals surface area (Å²) < 4.78 is 25.1. The van der Waals surface area contributed by atoms with Gasteiger partial charge in [0.25, 0.3) is 0 Å². The molecule has 1 unspecified atom stereocenters. The zero-order valence-corrected chi connectivity index (χ0v) is 18.1. The standard InChI is InChI=1S/C20H18FN5O2S2/c1-11-4-5-13(10-16(11)21)17-23-18(28-26-17)12(2)29-20-25-24-19(30-20)22-14-6-8-15(27-3)9-7-14/h4-10,12H,1-3H3,(H,22,24). The number of nitrogens with zero attached hydrogens (tertiary/aromatic N) is 4. The van der Waals surface area contributed by atoms with E-state index in [1.165, 1.54) is 29.2 Å². The Labute approximate surface area is 180 Å². The first-order valence-corrected chi connectivity index (χ1v) is 10.7. The maximum atomic E-state index is 13.8. The quantitative estimate of drug-likeness (QED) is 0.367. The normalized spacial score (nSPS) is 12.0. The van der Waals surface area contributed by atoms with Gasteiger partial charge in [-0.3, -0.25) is 0 Å². The van der Waals surface area contributed by atoms with Gasteiger partial charge in [-0.25, -0.2) is 4.39 Å². The Morgan fingerprint density at radius 2 is 1.97 bits per heavy atom. The minimum absolute atomic E-state index is 0.136. The van der Waals surface area contributed by atoms with Gasteiger partial charge in [-0.15, -0.1) is 10.2 Å². The number of thioether (sulfide) groups is 1. The number of rotatable bonds is 7. The van der Waals surface area contributed by atoms with E-state index < -0.39 is 0 Å². The highest BCUT2D eigenvalue weighted by molar-refractivity contribution is 8.01. The molecule has 1 atom stereocenters. The van der Waals surface area contributed by atoms with Crippen molar-refractivity contribution in [3.05, 3.63) is 59.7 Å². The molecule has 0 amide bonds. The lowest BCUT2D eigenvalue weighted by Gasteiger charge is -2.03. The second-order valence-corrected chi connectivity index (χ2v) is 8.97. The number of aromatic nitrogens is 4.